The fraction of sp³-hybridized carbons (Fsp3) is 0.364. The first kappa shape index (κ1) is 24.7. The predicted octanol–water partition coefficient (Wildman–Crippen LogP) is 7.74. The Labute approximate surface area is 159 Å². The fourth-order valence-corrected chi connectivity index (χ4v) is 2.15. The number of ether oxygens (including phenoxy) is 1. The lowest BCUT2D eigenvalue weighted by Gasteiger charge is -2.18. The summed E-state index contributed by atoms with van der Waals surface area (Å²) < 4.78 is 60.8. The summed E-state index contributed by atoms with van der Waals surface area (Å²) in [6.07, 6.45) is 1.86. The minimum absolute atomic E-state index is 0.0276. The first-order valence-electron chi connectivity index (χ1n) is 8.62. The molecule has 0 heterocycles. The third-order valence-electron chi connectivity index (χ3n) is 4.26. The lowest BCUT2D eigenvalue weighted by Crippen LogP contribution is -2.07. The van der Waals surface area contributed by atoms with Gasteiger partial charge in [-0.25, -0.2) is 13.2 Å². The minimum atomic E-state index is -1.19. The van der Waals surface area contributed by atoms with Crippen molar-refractivity contribution in [2.24, 2.45) is 11.8 Å². The summed E-state index contributed by atoms with van der Waals surface area (Å²) in [5.74, 6) is -5.74. The van der Waals surface area contributed by atoms with Gasteiger partial charge in [0.25, 0.3) is 0 Å². The Morgan fingerprint density at radius 3 is 1.59 bits per heavy atom. The SMILES string of the molecule is C=CC(=C)/C(F)=C(/F)C(=C)C(C)CCC(C)C(=C)/C(F)=C(/F)C(=C)OCC. The van der Waals surface area contributed by atoms with Crippen molar-refractivity contribution in [3.63, 3.8) is 0 Å². The van der Waals surface area contributed by atoms with Crippen molar-refractivity contribution in [1.29, 1.82) is 0 Å². The molecule has 0 N–H and O–H groups in total. The molecule has 0 saturated carbocycles. The van der Waals surface area contributed by atoms with E-state index >= 15 is 0 Å². The molecule has 0 aliphatic carbocycles. The predicted molar refractivity (Wildman–Crippen MR) is 104 cm³/mol. The van der Waals surface area contributed by atoms with Gasteiger partial charge in [0.05, 0.1) is 6.61 Å². The molecular formula is C22H28F4O. The van der Waals surface area contributed by atoms with E-state index in [1.807, 2.05) is 0 Å². The second-order valence-electron chi connectivity index (χ2n) is 6.27. The molecule has 0 saturated heterocycles. The Bertz CT molecular complexity index is 682. The molecule has 1 nitrogen and oxygen atoms in total. The number of hydrogen-bond donors (Lipinski definition) is 0. The second-order valence-corrected chi connectivity index (χ2v) is 6.27. The third-order valence-corrected chi connectivity index (χ3v) is 4.26. The molecule has 0 aromatic carbocycles. The Balaban J connectivity index is 5.02. The zero-order chi connectivity index (χ0) is 21.3. The lowest BCUT2D eigenvalue weighted by atomic mass is 9.88. The summed E-state index contributed by atoms with van der Waals surface area (Å²) in [6, 6.07) is 0. The second kappa shape index (κ2) is 11.4. The molecule has 27 heavy (non-hydrogen) atoms. The average Bonchev–Trinajstić information content (AvgIpc) is 2.67. The molecule has 0 amide bonds. The molecular weight excluding hydrogens is 356 g/mol. The van der Waals surface area contributed by atoms with Crippen molar-refractivity contribution >= 4 is 0 Å². The molecule has 0 aliphatic rings. The molecule has 2 unspecified atom stereocenters. The van der Waals surface area contributed by atoms with Gasteiger partial charge in [-0.15, -0.1) is 0 Å². The van der Waals surface area contributed by atoms with Gasteiger partial charge in [0.15, 0.2) is 29.1 Å². The largest absolute Gasteiger partial charge is 0.491 e. The van der Waals surface area contributed by atoms with Crippen LogP contribution in [0.5, 0.6) is 0 Å². The third kappa shape index (κ3) is 7.08. The maximum Gasteiger partial charge on any atom is 0.200 e. The zero-order valence-electron chi connectivity index (χ0n) is 16.3. The topological polar surface area (TPSA) is 9.23 Å². The van der Waals surface area contributed by atoms with Crippen molar-refractivity contribution in [2.45, 2.75) is 33.6 Å². The molecule has 0 fully saturated rings. The number of allylic oxidation sites excluding steroid dienone is 8. The molecule has 0 spiro atoms. The van der Waals surface area contributed by atoms with Crippen LogP contribution in [0.1, 0.15) is 33.6 Å². The highest BCUT2D eigenvalue weighted by Gasteiger charge is 2.21. The van der Waals surface area contributed by atoms with Gasteiger partial charge in [-0.2, -0.15) is 4.39 Å². The highest BCUT2D eigenvalue weighted by atomic mass is 19.2. The van der Waals surface area contributed by atoms with Crippen molar-refractivity contribution in [3.05, 3.63) is 84.8 Å². The van der Waals surface area contributed by atoms with Crippen molar-refractivity contribution in [3.8, 4) is 0 Å². The first-order valence-corrected chi connectivity index (χ1v) is 8.62. The van der Waals surface area contributed by atoms with Crippen molar-refractivity contribution in [1.82, 2.24) is 0 Å². The highest BCUT2D eigenvalue weighted by Crippen LogP contribution is 2.33. The van der Waals surface area contributed by atoms with Crippen LogP contribution >= 0.6 is 0 Å². The van der Waals surface area contributed by atoms with Gasteiger partial charge in [0.1, 0.15) is 0 Å². The van der Waals surface area contributed by atoms with E-state index in [0.717, 1.165) is 6.08 Å². The molecule has 0 aromatic heterocycles. The van der Waals surface area contributed by atoms with E-state index < -0.39 is 40.9 Å². The van der Waals surface area contributed by atoms with Gasteiger partial charge in [-0.1, -0.05) is 52.8 Å². The summed E-state index contributed by atoms with van der Waals surface area (Å²) in [5.41, 5.74) is -0.242. The van der Waals surface area contributed by atoms with E-state index in [0.29, 0.717) is 12.8 Å². The minimum Gasteiger partial charge on any atom is -0.491 e. The Kier molecular flexibility index (Phi) is 10.4. The van der Waals surface area contributed by atoms with Gasteiger partial charge >= 0.3 is 0 Å². The molecule has 0 rings (SSSR count). The van der Waals surface area contributed by atoms with Gasteiger partial charge in [0, 0.05) is 5.57 Å². The van der Waals surface area contributed by atoms with Crippen LogP contribution in [0.25, 0.3) is 0 Å². The fourth-order valence-electron chi connectivity index (χ4n) is 2.15. The smallest absolute Gasteiger partial charge is 0.200 e. The first-order chi connectivity index (χ1) is 12.5. The number of rotatable bonds is 12. The van der Waals surface area contributed by atoms with Crippen LogP contribution in [-0.4, -0.2) is 6.61 Å². The van der Waals surface area contributed by atoms with Crippen LogP contribution < -0.4 is 0 Å². The molecule has 0 aliphatic heterocycles. The standard InChI is InChI=1S/C22H28F4O/c1-9-13(3)19(23)20(24)16(6)14(4)11-12-15(5)17(7)21(25)22(26)18(8)27-10-2/h9,14-15H,1,3,6-8,10-12H2,2,4-5H3/b20-19-,22-21-. The van der Waals surface area contributed by atoms with Crippen LogP contribution in [0.4, 0.5) is 17.6 Å². The highest BCUT2D eigenvalue weighted by molar-refractivity contribution is 5.40. The molecule has 0 aromatic rings. The number of halogens is 4. The van der Waals surface area contributed by atoms with Crippen molar-refractivity contribution < 1.29 is 22.3 Å². The molecule has 5 heteroatoms. The molecule has 150 valence electrons. The van der Waals surface area contributed by atoms with Gasteiger partial charge in [0.2, 0.25) is 0 Å². The summed E-state index contributed by atoms with van der Waals surface area (Å²) in [7, 11) is 0. The van der Waals surface area contributed by atoms with Crippen LogP contribution in [0.3, 0.4) is 0 Å². The summed E-state index contributed by atoms with van der Waals surface area (Å²) in [6.45, 7) is 22.3. The van der Waals surface area contributed by atoms with Crippen LogP contribution in [0, 0.1) is 11.8 Å². The Morgan fingerprint density at radius 1 is 0.815 bits per heavy atom. The van der Waals surface area contributed by atoms with Gasteiger partial charge in [-0.05, 0) is 42.7 Å². The quantitative estimate of drug-likeness (QED) is 0.190. The lowest BCUT2D eigenvalue weighted by molar-refractivity contribution is 0.223. The normalized spacial score (nSPS) is 15.1. The summed E-state index contributed by atoms with van der Waals surface area (Å²) >= 11 is 0. The van der Waals surface area contributed by atoms with Crippen LogP contribution in [0.15, 0.2) is 84.8 Å². The van der Waals surface area contributed by atoms with E-state index in [4.69, 9.17) is 4.74 Å². The van der Waals surface area contributed by atoms with Crippen molar-refractivity contribution in [2.75, 3.05) is 6.61 Å². The van der Waals surface area contributed by atoms with E-state index in [-0.39, 0.29) is 23.3 Å². The monoisotopic (exact) mass is 384 g/mol. The van der Waals surface area contributed by atoms with Gasteiger partial charge in [-0.3, -0.25) is 0 Å². The van der Waals surface area contributed by atoms with E-state index in [2.05, 4.69) is 32.9 Å². The molecule has 0 bridgehead atoms. The maximum atomic E-state index is 14.2. The van der Waals surface area contributed by atoms with E-state index in [1.54, 1.807) is 20.8 Å². The van der Waals surface area contributed by atoms with E-state index in [1.165, 1.54) is 0 Å². The number of hydrogen-bond acceptors (Lipinski definition) is 1. The Morgan fingerprint density at radius 2 is 1.22 bits per heavy atom. The summed E-state index contributed by atoms with van der Waals surface area (Å²) in [5, 5.41) is 0. The average molecular weight is 384 g/mol. The van der Waals surface area contributed by atoms with Crippen LogP contribution in [-0.2, 0) is 4.74 Å². The Hall–Kier alpha value is -2.30. The summed E-state index contributed by atoms with van der Waals surface area (Å²) in [4.78, 5) is 0. The molecule has 2 atom stereocenters. The maximum absolute atomic E-state index is 14.2. The van der Waals surface area contributed by atoms with E-state index in [9.17, 15) is 17.6 Å². The zero-order valence-corrected chi connectivity index (χ0v) is 16.3. The van der Waals surface area contributed by atoms with Gasteiger partial charge < -0.3 is 4.74 Å². The van der Waals surface area contributed by atoms with Crippen LogP contribution in [0.2, 0.25) is 0 Å². The molecule has 0 radical (unpaired) electrons.